The molecule has 0 aliphatic carbocycles. The van der Waals surface area contributed by atoms with Gasteiger partial charge in [-0.1, -0.05) is 0 Å². The predicted molar refractivity (Wildman–Crippen MR) is 106 cm³/mol. The molecule has 1 aliphatic rings. The molecule has 0 atom stereocenters. The van der Waals surface area contributed by atoms with Crippen molar-refractivity contribution in [3.05, 3.63) is 21.3 Å². The maximum absolute atomic E-state index is 12.0. The molecule has 0 bridgehead atoms. The Bertz CT molecular complexity index is 605. The molecule has 1 saturated heterocycles. The Morgan fingerprint density at radius 2 is 2.09 bits per heavy atom. The fraction of sp³-hybridized carbons (Fsp3) is 0.467. The van der Waals surface area contributed by atoms with Gasteiger partial charge in [0.25, 0.3) is 0 Å². The standard InChI is InChI=1S/C15H19IN2O3S2/c1-15(22-4-5-23-15)8-13(19)18-17-9-10-6-11(16)14(21-3)12(7-10)20-2/h6-7,9H,4-5,8H2,1-3H3,(H,18,19)/b17-9+. The van der Waals surface area contributed by atoms with Crippen LogP contribution in [0.1, 0.15) is 18.9 Å². The van der Waals surface area contributed by atoms with Crippen molar-refractivity contribution in [1.82, 2.24) is 5.43 Å². The molecule has 126 valence electrons. The Morgan fingerprint density at radius 3 is 2.70 bits per heavy atom. The van der Waals surface area contributed by atoms with E-state index in [0.29, 0.717) is 17.9 Å². The minimum absolute atomic E-state index is 0.0294. The van der Waals surface area contributed by atoms with Crippen molar-refractivity contribution in [2.75, 3.05) is 25.7 Å². The third kappa shape index (κ3) is 5.18. The summed E-state index contributed by atoms with van der Waals surface area (Å²) >= 11 is 5.84. The van der Waals surface area contributed by atoms with Gasteiger partial charge in [-0.25, -0.2) is 5.43 Å². The number of rotatable bonds is 6. The molecule has 1 fully saturated rings. The van der Waals surface area contributed by atoms with Crippen molar-refractivity contribution in [3.8, 4) is 11.5 Å². The molecular weight excluding hydrogens is 447 g/mol. The molecule has 5 nitrogen and oxygen atoms in total. The minimum atomic E-state index is -0.0687. The second-order valence-electron chi connectivity index (χ2n) is 5.04. The Morgan fingerprint density at radius 1 is 1.39 bits per heavy atom. The van der Waals surface area contributed by atoms with Gasteiger partial charge in [-0.2, -0.15) is 5.10 Å². The SMILES string of the molecule is COc1cc(/C=N/NC(=O)CC2(C)SCCS2)cc(I)c1OC. The summed E-state index contributed by atoms with van der Waals surface area (Å²) in [5.41, 5.74) is 3.43. The van der Waals surface area contributed by atoms with Crippen LogP contribution < -0.4 is 14.9 Å². The van der Waals surface area contributed by atoms with Crippen LogP contribution in [-0.2, 0) is 4.79 Å². The number of carbonyl (C=O) groups excluding carboxylic acids is 1. The molecule has 2 rings (SSSR count). The molecule has 1 aliphatic heterocycles. The van der Waals surface area contributed by atoms with Gasteiger partial charge in [-0.15, -0.1) is 23.5 Å². The first-order valence-electron chi connectivity index (χ1n) is 6.99. The lowest BCUT2D eigenvalue weighted by molar-refractivity contribution is -0.121. The topological polar surface area (TPSA) is 59.9 Å². The van der Waals surface area contributed by atoms with E-state index in [9.17, 15) is 4.79 Å². The summed E-state index contributed by atoms with van der Waals surface area (Å²) in [5.74, 6) is 3.46. The van der Waals surface area contributed by atoms with E-state index in [4.69, 9.17) is 9.47 Å². The molecular formula is C15H19IN2O3S2. The average molecular weight is 466 g/mol. The van der Waals surface area contributed by atoms with Crippen LogP contribution in [0.15, 0.2) is 17.2 Å². The van der Waals surface area contributed by atoms with E-state index in [-0.39, 0.29) is 9.99 Å². The van der Waals surface area contributed by atoms with Gasteiger partial charge in [0, 0.05) is 11.5 Å². The molecule has 0 unspecified atom stereocenters. The van der Waals surface area contributed by atoms with Crippen molar-refractivity contribution in [2.45, 2.75) is 17.4 Å². The van der Waals surface area contributed by atoms with E-state index in [1.165, 1.54) is 0 Å². The summed E-state index contributed by atoms with van der Waals surface area (Å²) in [5, 5.41) is 4.04. The number of halogens is 1. The summed E-state index contributed by atoms with van der Waals surface area (Å²) < 4.78 is 11.5. The minimum Gasteiger partial charge on any atom is -0.493 e. The Hall–Kier alpha value is -0.610. The first kappa shape index (κ1) is 18.7. The molecule has 0 aromatic heterocycles. The van der Waals surface area contributed by atoms with Crippen LogP contribution in [0.2, 0.25) is 0 Å². The van der Waals surface area contributed by atoms with Gasteiger partial charge < -0.3 is 9.47 Å². The number of amides is 1. The maximum atomic E-state index is 12.0. The highest BCUT2D eigenvalue weighted by Gasteiger charge is 2.32. The first-order valence-corrected chi connectivity index (χ1v) is 10.0. The van der Waals surface area contributed by atoms with Crippen molar-refractivity contribution >= 4 is 58.2 Å². The van der Waals surface area contributed by atoms with Gasteiger partial charge in [-0.3, -0.25) is 4.79 Å². The number of ether oxygens (including phenoxy) is 2. The maximum Gasteiger partial charge on any atom is 0.242 e. The van der Waals surface area contributed by atoms with Crippen molar-refractivity contribution < 1.29 is 14.3 Å². The quantitative estimate of drug-likeness (QED) is 0.396. The third-order valence-electron chi connectivity index (χ3n) is 3.24. The second kappa shape index (κ2) is 8.48. The van der Waals surface area contributed by atoms with Gasteiger partial charge in [0.2, 0.25) is 5.91 Å². The highest BCUT2D eigenvalue weighted by molar-refractivity contribution is 14.1. The highest BCUT2D eigenvalue weighted by Crippen LogP contribution is 2.45. The highest BCUT2D eigenvalue weighted by atomic mass is 127. The summed E-state index contributed by atoms with van der Waals surface area (Å²) in [4.78, 5) is 12.0. The molecule has 1 heterocycles. The summed E-state index contributed by atoms with van der Waals surface area (Å²) in [6.07, 6.45) is 2.07. The number of hydrazone groups is 1. The average Bonchev–Trinajstić information content (AvgIpc) is 2.92. The van der Waals surface area contributed by atoms with Crippen LogP contribution in [0.25, 0.3) is 0 Å². The zero-order chi connectivity index (χ0) is 16.9. The Labute approximate surface area is 158 Å². The van der Waals surface area contributed by atoms with Crippen LogP contribution in [0.3, 0.4) is 0 Å². The number of carbonyl (C=O) groups is 1. The van der Waals surface area contributed by atoms with E-state index in [0.717, 1.165) is 20.6 Å². The van der Waals surface area contributed by atoms with E-state index in [1.807, 2.05) is 35.7 Å². The van der Waals surface area contributed by atoms with Gasteiger partial charge in [-0.05, 0) is 47.2 Å². The Kier molecular flexibility index (Phi) is 6.90. The van der Waals surface area contributed by atoms with Crippen molar-refractivity contribution in [1.29, 1.82) is 0 Å². The molecule has 1 aromatic carbocycles. The molecule has 0 radical (unpaired) electrons. The fourth-order valence-electron chi connectivity index (χ4n) is 2.18. The molecule has 23 heavy (non-hydrogen) atoms. The first-order chi connectivity index (χ1) is 11.0. The van der Waals surface area contributed by atoms with Crippen LogP contribution in [0, 0.1) is 3.57 Å². The smallest absolute Gasteiger partial charge is 0.242 e. The van der Waals surface area contributed by atoms with E-state index < -0.39 is 0 Å². The Balaban J connectivity index is 1.97. The van der Waals surface area contributed by atoms with Gasteiger partial charge in [0.15, 0.2) is 11.5 Å². The summed E-state index contributed by atoms with van der Waals surface area (Å²) in [6.45, 7) is 2.11. The number of nitrogens with zero attached hydrogens (tertiary/aromatic N) is 1. The molecule has 1 N–H and O–H groups in total. The molecule has 1 amide bonds. The fourth-order valence-corrected chi connectivity index (χ4v) is 5.86. The summed E-state index contributed by atoms with van der Waals surface area (Å²) in [6, 6.07) is 3.74. The lowest BCUT2D eigenvalue weighted by Crippen LogP contribution is -2.26. The number of methoxy groups -OCH3 is 2. The normalized spacial score (nSPS) is 16.5. The largest absolute Gasteiger partial charge is 0.493 e. The molecule has 0 spiro atoms. The zero-order valence-corrected chi connectivity index (χ0v) is 17.0. The lowest BCUT2D eigenvalue weighted by Gasteiger charge is -2.19. The van der Waals surface area contributed by atoms with Crippen LogP contribution in [0.5, 0.6) is 11.5 Å². The zero-order valence-electron chi connectivity index (χ0n) is 13.2. The van der Waals surface area contributed by atoms with Gasteiger partial charge in [0.1, 0.15) is 0 Å². The van der Waals surface area contributed by atoms with Crippen LogP contribution in [-0.4, -0.2) is 41.9 Å². The van der Waals surface area contributed by atoms with Crippen LogP contribution in [0.4, 0.5) is 0 Å². The van der Waals surface area contributed by atoms with Gasteiger partial charge in [0.05, 0.1) is 34.5 Å². The van der Waals surface area contributed by atoms with Gasteiger partial charge >= 0.3 is 0 Å². The monoisotopic (exact) mass is 466 g/mol. The van der Waals surface area contributed by atoms with E-state index in [2.05, 4.69) is 40.0 Å². The third-order valence-corrected chi connectivity index (χ3v) is 7.33. The second-order valence-corrected chi connectivity index (χ2v) is 9.66. The predicted octanol–water partition coefficient (Wildman–Crippen LogP) is 3.34. The number of hydrogen-bond donors (Lipinski definition) is 1. The summed E-state index contributed by atoms with van der Waals surface area (Å²) in [7, 11) is 3.20. The van der Waals surface area contributed by atoms with E-state index in [1.54, 1.807) is 20.4 Å². The van der Waals surface area contributed by atoms with E-state index >= 15 is 0 Å². The van der Waals surface area contributed by atoms with Crippen molar-refractivity contribution in [2.24, 2.45) is 5.10 Å². The van der Waals surface area contributed by atoms with Crippen LogP contribution >= 0.6 is 46.1 Å². The number of nitrogens with one attached hydrogen (secondary N) is 1. The molecule has 0 saturated carbocycles. The number of benzene rings is 1. The number of thioether (sulfide) groups is 2. The van der Waals surface area contributed by atoms with Crippen molar-refractivity contribution in [3.63, 3.8) is 0 Å². The lowest BCUT2D eigenvalue weighted by atomic mass is 10.2. The number of hydrogen-bond acceptors (Lipinski definition) is 6. The molecule has 1 aromatic rings. The molecule has 8 heteroatoms.